The van der Waals surface area contributed by atoms with Crippen molar-refractivity contribution in [3.05, 3.63) is 29.6 Å². The Hall–Kier alpha value is -2.11. The molecule has 1 aliphatic heterocycles. The Balaban J connectivity index is 2.24. The maximum Gasteiger partial charge on any atom is 0.306 e. The molecule has 0 radical (unpaired) electrons. The van der Waals surface area contributed by atoms with Crippen LogP contribution in [0.5, 0.6) is 5.75 Å². The number of ether oxygens (including phenoxy) is 1. The van der Waals surface area contributed by atoms with E-state index in [-0.39, 0.29) is 17.4 Å². The fraction of sp³-hybridized carbons (Fsp3) is 0.467. The molecule has 1 aliphatic rings. The van der Waals surface area contributed by atoms with Gasteiger partial charge in [-0.3, -0.25) is 9.59 Å². The molecule has 0 spiro atoms. The molecule has 1 aromatic rings. The van der Waals surface area contributed by atoms with Crippen LogP contribution in [0.15, 0.2) is 18.2 Å². The first-order valence-corrected chi connectivity index (χ1v) is 6.82. The Labute approximate surface area is 122 Å². The van der Waals surface area contributed by atoms with Crippen LogP contribution >= 0.6 is 0 Å². The Morgan fingerprint density at radius 1 is 1.43 bits per heavy atom. The summed E-state index contributed by atoms with van der Waals surface area (Å²) >= 11 is 0. The number of halogens is 1. The average Bonchev–Trinajstić information content (AvgIpc) is 2.46. The van der Waals surface area contributed by atoms with Gasteiger partial charge in [-0.1, -0.05) is 6.07 Å². The van der Waals surface area contributed by atoms with E-state index >= 15 is 0 Å². The van der Waals surface area contributed by atoms with E-state index in [9.17, 15) is 14.0 Å². The molecule has 1 fully saturated rings. The number of nitrogens with zero attached hydrogens (tertiary/aromatic N) is 1. The molecule has 0 aliphatic carbocycles. The average molecular weight is 295 g/mol. The van der Waals surface area contributed by atoms with Gasteiger partial charge in [0.15, 0.2) is 0 Å². The molecule has 21 heavy (non-hydrogen) atoms. The molecule has 0 aromatic heterocycles. The minimum absolute atomic E-state index is 0.0966. The zero-order chi connectivity index (χ0) is 15.6. The Morgan fingerprint density at radius 2 is 2.14 bits per heavy atom. The van der Waals surface area contributed by atoms with E-state index < -0.39 is 23.6 Å². The van der Waals surface area contributed by atoms with Crippen LogP contribution in [0.1, 0.15) is 30.1 Å². The Morgan fingerprint density at radius 3 is 2.71 bits per heavy atom. The molecular formula is C15H18FNO4. The first-order valence-electron chi connectivity index (χ1n) is 6.82. The summed E-state index contributed by atoms with van der Waals surface area (Å²) in [6.07, 6.45) is 0.750. The SMILES string of the molecule is COc1cccc(F)c1C(=O)N1CCC(C(=O)O)CC1C. The summed E-state index contributed by atoms with van der Waals surface area (Å²) in [7, 11) is 1.38. The molecule has 1 aromatic carbocycles. The highest BCUT2D eigenvalue weighted by molar-refractivity contribution is 5.97. The van der Waals surface area contributed by atoms with Gasteiger partial charge < -0.3 is 14.7 Å². The molecule has 2 rings (SSSR count). The second-order valence-electron chi connectivity index (χ2n) is 5.22. The predicted molar refractivity (Wildman–Crippen MR) is 73.8 cm³/mol. The molecule has 1 amide bonds. The Kier molecular flexibility index (Phi) is 4.45. The number of carbonyl (C=O) groups is 2. The summed E-state index contributed by atoms with van der Waals surface area (Å²) in [5, 5.41) is 9.04. The van der Waals surface area contributed by atoms with Crippen molar-refractivity contribution in [2.75, 3.05) is 13.7 Å². The predicted octanol–water partition coefficient (Wildman–Crippen LogP) is 2.16. The molecule has 0 saturated carbocycles. The van der Waals surface area contributed by atoms with Crippen LogP contribution in [0.4, 0.5) is 4.39 Å². The van der Waals surface area contributed by atoms with E-state index in [1.165, 1.54) is 30.2 Å². The van der Waals surface area contributed by atoms with Gasteiger partial charge >= 0.3 is 5.97 Å². The lowest BCUT2D eigenvalue weighted by molar-refractivity contribution is -0.143. The second-order valence-corrected chi connectivity index (χ2v) is 5.22. The third-order valence-electron chi connectivity index (χ3n) is 3.90. The van der Waals surface area contributed by atoms with E-state index in [4.69, 9.17) is 9.84 Å². The van der Waals surface area contributed by atoms with Crippen LogP contribution in [0, 0.1) is 11.7 Å². The highest BCUT2D eigenvalue weighted by Crippen LogP contribution is 2.28. The van der Waals surface area contributed by atoms with Crippen LogP contribution in [0.2, 0.25) is 0 Å². The van der Waals surface area contributed by atoms with Gasteiger partial charge in [0, 0.05) is 12.6 Å². The monoisotopic (exact) mass is 295 g/mol. The fourth-order valence-corrected chi connectivity index (χ4v) is 2.72. The first-order chi connectivity index (χ1) is 9.95. The van der Waals surface area contributed by atoms with Crippen molar-refractivity contribution in [1.29, 1.82) is 0 Å². The molecule has 114 valence electrons. The van der Waals surface area contributed by atoms with Crippen molar-refractivity contribution in [1.82, 2.24) is 4.90 Å². The van der Waals surface area contributed by atoms with Gasteiger partial charge in [0.2, 0.25) is 0 Å². The number of methoxy groups -OCH3 is 1. The first kappa shape index (κ1) is 15.3. The summed E-state index contributed by atoms with van der Waals surface area (Å²) in [6.45, 7) is 2.08. The Bertz CT molecular complexity index is 561. The summed E-state index contributed by atoms with van der Waals surface area (Å²) in [6, 6.07) is 3.97. The van der Waals surface area contributed by atoms with E-state index in [2.05, 4.69) is 0 Å². The van der Waals surface area contributed by atoms with E-state index in [1.807, 2.05) is 0 Å². The van der Waals surface area contributed by atoms with Crippen molar-refractivity contribution < 1.29 is 23.8 Å². The highest BCUT2D eigenvalue weighted by atomic mass is 19.1. The van der Waals surface area contributed by atoms with Gasteiger partial charge in [-0.25, -0.2) is 4.39 Å². The second kappa shape index (κ2) is 6.11. The van der Waals surface area contributed by atoms with Crippen LogP contribution in [-0.2, 0) is 4.79 Å². The van der Waals surface area contributed by atoms with Crippen LogP contribution < -0.4 is 4.74 Å². The molecule has 5 nitrogen and oxygen atoms in total. The standard InChI is InChI=1S/C15H18FNO4/c1-9-8-10(15(19)20)6-7-17(9)14(18)13-11(16)4-3-5-12(13)21-2/h3-5,9-10H,6-8H2,1-2H3,(H,19,20). The zero-order valence-corrected chi connectivity index (χ0v) is 12.0. The maximum atomic E-state index is 14.0. The maximum absolute atomic E-state index is 14.0. The summed E-state index contributed by atoms with van der Waals surface area (Å²) in [5.41, 5.74) is -0.0966. The number of hydrogen-bond acceptors (Lipinski definition) is 3. The third kappa shape index (κ3) is 2.99. The molecular weight excluding hydrogens is 277 g/mol. The number of piperidine rings is 1. The zero-order valence-electron chi connectivity index (χ0n) is 12.0. The number of rotatable bonds is 3. The minimum Gasteiger partial charge on any atom is -0.496 e. The van der Waals surface area contributed by atoms with Gasteiger partial charge in [0.1, 0.15) is 17.1 Å². The summed E-state index contributed by atoms with van der Waals surface area (Å²) in [4.78, 5) is 25.1. The molecule has 1 N–H and O–H groups in total. The number of hydrogen-bond donors (Lipinski definition) is 1. The van der Waals surface area contributed by atoms with E-state index in [0.29, 0.717) is 19.4 Å². The highest BCUT2D eigenvalue weighted by Gasteiger charge is 2.34. The topological polar surface area (TPSA) is 66.8 Å². The molecule has 1 heterocycles. The molecule has 1 saturated heterocycles. The number of aliphatic carboxylic acids is 1. The van der Waals surface area contributed by atoms with Crippen LogP contribution in [0.3, 0.4) is 0 Å². The molecule has 2 atom stereocenters. The third-order valence-corrected chi connectivity index (χ3v) is 3.90. The normalized spacial score (nSPS) is 22.0. The van der Waals surface area contributed by atoms with Crippen molar-refractivity contribution in [2.24, 2.45) is 5.92 Å². The summed E-state index contributed by atoms with van der Waals surface area (Å²) in [5.74, 6) is -2.20. The lowest BCUT2D eigenvalue weighted by Gasteiger charge is -2.36. The molecule has 6 heteroatoms. The van der Waals surface area contributed by atoms with Gasteiger partial charge in [-0.05, 0) is 31.9 Å². The summed E-state index contributed by atoms with van der Waals surface area (Å²) < 4.78 is 19.0. The van der Waals surface area contributed by atoms with Gasteiger partial charge in [-0.15, -0.1) is 0 Å². The fourth-order valence-electron chi connectivity index (χ4n) is 2.72. The van der Waals surface area contributed by atoms with Crippen molar-refractivity contribution >= 4 is 11.9 Å². The van der Waals surface area contributed by atoms with Gasteiger partial charge in [0.05, 0.1) is 13.0 Å². The molecule has 0 bridgehead atoms. The number of carbonyl (C=O) groups excluding carboxylic acids is 1. The lowest BCUT2D eigenvalue weighted by Crippen LogP contribution is -2.46. The number of amides is 1. The minimum atomic E-state index is -0.850. The van der Waals surface area contributed by atoms with E-state index in [1.54, 1.807) is 6.92 Å². The lowest BCUT2D eigenvalue weighted by atomic mass is 9.91. The van der Waals surface area contributed by atoms with Crippen LogP contribution in [-0.4, -0.2) is 41.6 Å². The van der Waals surface area contributed by atoms with Crippen molar-refractivity contribution in [2.45, 2.75) is 25.8 Å². The number of carboxylic acids is 1. The van der Waals surface area contributed by atoms with E-state index in [0.717, 1.165) is 0 Å². The largest absolute Gasteiger partial charge is 0.496 e. The number of likely N-dealkylation sites (tertiary alicyclic amines) is 1. The smallest absolute Gasteiger partial charge is 0.306 e. The van der Waals surface area contributed by atoms with Gasteiger partial charge in [-0.2, -0.15) is 0 Å². The molecule has 2 unspecified atom stereocenters. The van der Waals surface area contributed by atoms with Crippen molar-refractivity contribution in [3.8, 4) is 5.75 Å². The quantitative estimate of drug-likeness (QED) is 0.928. The number of carboxylic acid groups (broad SMARTS) is 1. The van der Waals surface area contributed by atoms with Crippen molar-refractivity contribution in [3.63, 3.8) is 0 Å². The van der Waals surface area contributed by atoms with Crippen LogP contribution in [0.25, 0.3) is 0 Å². The van der Waals surface area contributed by atoms with Gasteiger partial charge in [0.25, 0.3) is 5.91 Å². The number of benzene rings is 1.